The van der Waals surface area contributed by atoms with Gasteiger partial charge in [-0.3, -0.25) is 4.98 Å². The maximum absolute atomic E-state index is 4.53. The van der Waals surface area contributed by atoms with Gasteiger partial charge in [-0.05, 0) is 19.2 Å². The van der Waals surface area contributed by atoms with E-state index in [9.17, 15) is 0 Å². The third-order valence-corrected chi connectivity index (χ3v) is 2.13. The molecule has 1 N–H and O–H groups in total. The van der Waals surface area contributed by atoms with Gasteiger partial charge in [-0.1, -0.05) is 6.07 Å². The Morgan fingerprint density at radius 3 is 2.93 bits per heavy atom. The van der Waals surface area contributed by atoms with Crippen LogP contribution >= 0.6 is 0 Å². The summed E-state index contributed by atoms with van der Waals surface area (Å²) in [7, 11) is 1.92. The van der Waals surface area contributed by atoms with Gasteiger partial charge in [-0.15, -0.1) is 0 Å². The van der Waals surface area contributed by atoms with Crippen LogP contribution in [-0.2, 0) is 13.1 Å². The highest BCUT2D eigenvalue weighted by molar-refractivity contribution is 5.11. The quantitative estimate of drug-likeness (QED) is 0.805. The largest absolute Gasteiger partial charge is 0.331 e. The molecule has 2 heterocycles. The van der Waals surface area contributed by atoms with Crippen LogP contribution < -0.4 is 5.32 Å². The fourth-order valence-corrected chi connectivity index (χ4v) is 1.46. The number of aromatic nitrogens is 3. The van der Waals surface area contributed by atoms with Crippen LogP contribution in [0, 0.1) is 0 Å². The van der Waals surface area contributed by atoms with Crippen LogP contribution in [0.15, 0.2) is 36.9 Å². The molecule has 0 aliphatic carbocycles. The van der Waals surface area contributed by atoms with Crippen LogP contribution in [0.25, 0.3) is 0 Å². The number of pyridine rings is 1. The summed E-state index contributed by atoms with van der Waals surface area (Å²) < 4.78 is 2.01. The summed E-state index contributed by atoms with van der Waals surface area (Å²) >= 11 is 0. The van der Waals surface area contributed by atoms with Crippen molar-refractivity contribution in [2.24, 2.45) is 0 Å². The lowest BCUT2D eigenvalue weighted by atomic mass is 10.3. The lowest BCUT2D eigenvalue weighted by Gasteiger charge is -2.04. The van der Waals surface area contributed by atoms with Crippen LogP contribution in [0.2, 0.25) is 0 Å². The summed E-state index contributed by atoms with van der Waals surface area (Å²) in [5.74, 6) is 0. The van der Waals surface area contributed by atoms with E-state index in [1.54, 1.807) is 12.5 Å². The monoisotopic (exact) mass is 202 g/mol. The fourth-order valence-electron chi connectivity index (χ4n) is 1.46. The zero-order valence-electron chi connectivity index (χ0n) is 8.72. The van der Waals surface area contributed by atoms with Crippen LogP contribution in [0.5, 0.6) is 0 Å². The topological polar surface area (TPSA) is 42.7 Å². The number of hydrogen-bond acceptors (Lipinski definition) is 3. The van der Waals surface area contributed by atoms with E-state index in [2.05, 4.69) is 15.3 Å². The number of imidazole rings is 1. The first kappa shape index (κ1) is 9.86. The summed E-state index contributed by atoms with van der Waals surface area (Å²) in [5.41, 5.74) is 2.12. The van der Waals surface area contributed by atoms with E-state index in [0.717, 1.165) is 24.5 Å². The van der Waals surface area contributed by atoms with Crippen molar-refractivity contribution in [2.45, 2.75) is 13.1 Å². The zero-order valence-corrected chi connectivity index (χ0v) is 8.72. The minimum atomic E-state index is 0.775. The highest BCUT2D eigenvalue weighted by Crippen LogP contribution is 2.01. The minimum Gasteiger partial charge on any atom is -0.331 e. The van der Waals surface area contributed by atoms with Crippen molar-refractivity contribution in [3.05, 3.63) is 48.3 Å². The molecule has 2 rings (SSSR count). The molecule has 0 amide bonds. The molecule has 4 heteroatoms. The molecule has 0 bridgehead atoms. The van der Waals surface area contributed by atoms with Crippen molar-refractivity contribution in [2.75, 3.05) is 7.05 Å². The zero-order chi connectivity index (χ0) is 10.5. The second-order valence-corrected chi connectivity index (χ2v) is 3.39. The second-order valence-electron chi connectivity index (χ2n) is 3.39. The van der Waals surface area contributed by atoms with Gasteiger partial charge < -0.3 is 9.88 Å². The Bertz CT molecular complexity index is 408. The molecule has 0 aromatic carbocycles. The third kappa shape index (κ3) is 2.63. The molecule has 78 valence electrons. The smallest absolute Gasteiger partial charge is 0.0949 e. The molecule has 0 radical (unpaired) electrons. The van der Waals surface area contributed by atoms with E-state index in [1.807, 2.05) is 36.0 Å². The molecule has 0 atom stereocenters. The van der Waals surface area contributed by atoms with Crippen LogP contribution in [0.4, 0.5) is 0 Å². The van der Waals surface area contributed by atoms with Gasteiger partial charge in [0.05, 0.1) is 24.3 Å². The lowest BCUT2D eigenvalue weighted by Crippen LogP contribution is -2.08. The summed E-state index contributed by atoms with van der Waals surface area (Å²) in [5, 5.41) is 3.09. The van der Waals surface area contributed by atoms with Crippen molar-refractivity contribution in [3.8, 4) is 0 Å². The first-order valence-electron chi connectivity index (χ1n) is 4.93. The first-order chi connectivity index (χ1) is 7.38. The molecule has 2 aromatic heterocycles. The Balaban J connectivity index is 2.11. The summed E-state index contributed by atoms with van der Waals surface area (Å²) in [6.07, 6.45) is 5.51. The molecule has 0 aliphatic rings. The van der Waals surface area contributed by atoms with Crippen molar-refractivity contribution in [3.63, 3.8) is 0 Å². The van der Waals surface area contributed by atoms with Crippen molar-refractivity contribution in [1.82, 2.24) is 19.9 Å². The lowest BCUT2D eigenvalue weighted by molar-refractivity contribution is 0.742. The molecular formula is C11H14N4. The highest BCUT2D eigenvalue weighted by atomic mass is 15.0. The SMILES string of the molecule is CNCc1cccc(Cn2ccnc2)n1. The maximum Gasteiger partial charge on any atom is 0.0949 e. The van der Waals surface area contributed by atoms with Crippen LogP contribution in [0.1, 0.15) is 11.4 Å². The molecular weight excluding hydrogens is 188 g/mol. The Kier molecular flexibility index (Phi) is 3.09. The first-order valence-corrected chi connectivity index (χ1v) is 4.93. The molecule has 0 saturated heterocycles. The average Bonchev–Trinajstić information content (AvgIpc) is 2.71. The van der Waals surface area contributed by atoms with Gasteiger partial charge in [0.25, 0.3) is 0 Å². The predicted molar refractivity (Wildman–Crippen MR) is 58.3 cm³/mol. The summed E-state index contributed by atoms with van der Waals surface area (Å²) in [6, 6.07) is 6.08. The molecule has 15 heavy (non-hydrogen) atoms. The van der Waals surface area contributed by atoms with Gasteiger partial charge in [0.1, 0.15) is 0 Å². The number of hydrogen-bond donors (Lipinski definition) is 1. The van der Waals surface area contributed by atoms with Gasteiger partial charge in [-0.25, -0.2) is 4.98 Å². The van der Waals surface area contributed by atoms with E-state index in [4.69, 9.17) is 0 Å². The van der Waals surface area contributed by atoms with Crippen molar-refractivity contribution in [1.29, 1.82) is 0 Å². The van der Waals surface area contributed by atoms with Gasteiger partial charge in [0.2, 0.25) is 0 Å². The number of nitrogens with zero attached hydrogens (tertiary/aromatic N) is 3. The fraction of sp³-hybridized carbons (Fsp3) is 0.273. The van der Waals surface area contributed by atoms with E-state index in [0.29, 0.717) is 0 Å². The van der Waals surface area contributed by atoms with Crippen molar-refractivity contribution >= 4 is 0 Å². The molecule has 0 unspecified atom stereocenters. The summed E-state index contributed by atoms with van der Waals surface area (Å²) in [4.78, 5) is 8.53. The van der Waals surface area contributed by atoms with Gasteiger partial charge in [0.15, 0.2) is 0 Å². The Morgan fingerprint density at radius 1 is 1.33 bits per heavy atom. The molecule has 0 fully saturated rings. The Labute approximate surface area is 89.0 Å². The number of rotatable bonds is 4. The molecule has 0 aliphatic heterocycles. The maximum atomic E-state index is 4.53. The van der Waals surface area contributed by atoms with Gasteiger partial charge in [-0.2, -0.15) is 0 Å². The standard InChI is InChI=1S/C11H14N4/c1-12-7-10-3-2-4-11(14-10)8-15-6-5-13-9-15/h2-6,9,12H,7-8H2,1H3. The predicted octanol–water partition coefficient (Wildman–Crippen LogP) is 1.05. The average molecular weight is 202 g/mol. The minimum absolute atomic E-state index is 0.775. The Morgan fingerprint density at radius 2 is 2.20 bits per heavy atom. The van der Waals surface area contributed by atoms with Crippen molar-refractivity contribution < 1.29 is 0 Å². The van der Waals surface area contributed by atoms with Gasteiger partial charge in [0, 0.05) is 18.9 Å². The Hall–Kier alpha value is -1.68. The molecule has 4 nitrogen and oxygen atoms in total. The molecule has 0 spiro atoms. The van der Waals surface area contributed by atoms with Crippen LogP contribution in [0.3, 0.4) is 0 Å². The van der Waals surface area contributed by atoms with E-state index in [1.165, 1.54) is 0 Å². The van der Waals surface area contributed by atoms with Crippen LogP contribution in [-0.4, -0.2) is 21.6 Å². The van der Waals surface area contributed by atoms with E-state index >= 15 is 0 Å². The van der Waals surface area contributed by atoms with E-state index < -0.39 is 0 Å². The van der Waals surface area contributed by atoms with E-state index in [-0.39, 0.29) is 0 Å². The highest BCUT2D eigenvalue weighted by Gasteiger charge is 1.97. The second kappa shape index (κ2) is 4.70. The third-order valence-electron chi connectivity index (χ3n) is 2.13. The van der Waals surface area contributed by atoms with Gasteiger partial charge >= 0.3 is 0 Å². The number of nitrogens with one attached hydrogen (secondary N) is 1. The molecule has 0 saturated carbocycles. The normalized spacial score (nSPS) is 10.5. The summed E-state index contributed by atoms with van der Waals surface area (Å²) in [6.45, 7) is 1.58. The molecule has 2 aromatic rings.